The Bertz CT molecular complexity index is 641. The van der Waals surface area contributed by atoms with E-state index < -0.39 is 0 Å². The summed E-state index contributed by atoms with van der Waals surface area (Å²) in [6.07, 6.45) is 2.40. The Morgan fingerprint density at radius 2 is 2.19 bits per heavy atom. The van der Waals surface area contributed by atoms with Gasteiger partial charge in [0.25, 0.3) is 5.69 Å². The van der Waals surface area contributed by atoms with Crippen molar-refractivity contribution in [1.29, 1.82) is 0 Å². The Balaban J connectivity index is 1.90. The fourth-order valence-corrected chi connectivity index (χ4v) is 3.54. The molecule has 4 nitrogen and oxygen atoms in total. The monoisotopic (exact) mass is 366 g/mol. The molecule has 110 valence electrons. The maximum absolute atomic E-state index is 11.0. The molecule has 0 aliphatic heterocycles. The predicted octanol–water partition coefficient (Wildman–Crippen LogP) is 4.72. The van der Waals surface area contributed by atoms with Crippen molar-refractivity contribution in [2.24, 2.45) is 0 Å². The van der Waals surface area contributed by atoms with Gasteiger partial charge in [-0.1, -0.05) is 15.9 Å². The molecule has 1 aliphatic carbocycles. The molecule has 0 radical (unpaired) electrons. The lowest BCUT2D eigenvalue weighted by atomic mass is 10.1. The first-order valence-corrected chi connectivity index (χ1v) is 8.86. The number of benzene rings is 1. The number of nitro benzene ring substituents is 1. The van der Waals surface area contributed by atoms with Gasteiger partial charge in [0.2, 0.25) is 0 Å². The molecule has 2 aromatic rings. The van der Waals surface area contributed by atoms with Gasteiger partial charge in [-0.15, -0.1) is 0 Å². The summed E-state index contributed by atoms with van der Waals surface area (Å²) in [5, 5.41) is 15.8. The minimum Gasteiger partial charge on any atom is -0.364 e. The summed E-state index contributed by atoms with van der Waals surface area (Å²) in [6, 6.07) is 8.13. The van der Waals surface area contributed by atoms with E-state index in [4.69, 9.17) is 0 Å². The Kier molecular flexibility index (Phi) is 4.26. The third kappa shape index (κ3) is 3.27. The lowest BCUT2D eigenvalue weighted by Crippen LogP contribution is -2.24. The summed E-state index contributed by atoms with van der Waals surface area (Å²) in [7, 11) is 0. The molecule has 1 aromatic heterocycles. The molecular weight excluding hydrogens is 352 g/mol. The summed E-state index contributed by atoms with van der Waals surface area (Å²) in [5.41, 5.74) is 3.28. The first-order valence-electron chi connectivity index (χ1n) is 6.80. The first kappa shape index (κ1) is 14.5. The van der Waals surface area contributed by atoms with Crippen molar-refractivity contribution >= 4 is 38.6 Å². The Labute approximate surface area is 135 Å². The van der Waals surface area contributed by atoms with Crippen LogP contribution < -0.4 is 4.90 Å². The second-order valence-electron chi connectivity index (χ2n) is 5.19. The van der Waals surface area contributed by atoms with Gasteiger partial charge in [0.15, 0.2) is 0 Å². The Hall–Kier alpha value is -1.40. The third-order valence-electron chi connectivity index (χ3n) is 3.66. The second-order valence-corrected chi connectivity index (χ2v) is 6.54. The molecule has 1 heterocycles. The molecule has 1 aliphatic rings. The highest BCUT2D eigenvalue weighted by Gasteiger charge is 2.30. The van der Waals surface area contributed by atoms with Crippen molar-refractivity contribution in [3.8, 4) is 0 Å². The van der Waals surface area contributed by atoms with Crippen LogP contribution in [0, 0.1) is 10.1 Å². The van der Waals surface area contributed by atoms with Crippen LogP contribution >= 0.6 is 27.3 Å². The standard InChI is InChI=1S/C15H15BrN2O2S/c16-8-12-7-14(3-4-15(12)18(19)20)17(13-1-2-13)9-11-5-6-21-10-11/h3-7,10,13H,1-2,8-9H2. The fourth-order valence-electron chi connectivity index (χ4n) is 2.43. The van der Waals surface area contributed by atoms with E-state index in [9.17, 15) is 10.1 Å². The number of halogens is 1. The van der Waals surface area contributed by atoms with Crippen LogP contribution in [-0.2, 0) is 11.9 Å². The molecular formula is C15H15BrN2O2S. The van der Waals surface area contributed by atoms with Gasteiger partial charge >= 0.3 is 0 Å². The zero-order valence-electron chi connectivity index (χ0n) is 11.4. The maximum Gasteiger partial charge on any atom is 0.273 e. The van der Waals surface area contributed by atoms with Crippen molar-refractivity contribution < 1.29 is 4.92 Å². The molecule has 0 N–H and O–H groups in total. The third-order valence-corrected chi connectivity index (χ3v) is 4.99. The van der Waals surface area contributed by atoms with Gasteiger partial charge in [0.05, 0.1) is 4.92 Å². The van der Waals surface area contributed by atoms with Crippen LogP contribution in [0.3, 0.4) is 0 Å². The molecule has 1 fully saturated rings. The van der Waals surface area contributed by atoms with Crippen LogP contribution in [0.5, 0.6) is 0 Å². The van der Waals surface area contributed by atoms with Crippen molar-refractivity contribution in [3.63, 3.8) is 0 Å². The predicted molar refractivity (Wildman–Crippen MR) is 89.3 cm³/mol. The summed E-state index contributed by atoms with van der Waals surface area (Å²) < 4.78 is 0. The van der Waals surface area contributed by atoms with Crippen molar-refractivity contribution in [3.05, 3.63) is 56.3 Å². The maximum atomic E-state index is 11.0. The van der Waals surface area contributed by atoms with Crippen LogP contribution in [0.2, 0.25) is 0 Å². The fraction of sp³-hybridized carbons (Fsp3) is 0.333. The SMILES string of the molecule is O=[N+]([O-])c1ccc(N(Cc2ccsc2)C2CC2)cc1CBr. The molecule has 0 spiro atoms. The normalized spacial score (nSPS) is 14.1. The van der Waals surface area contributed by atoms with E-state index >= 15 is 0 Å². The molecule has 21 heavy (non-hydrogen) atoms. The van der Waals surface area contributed by atoms with Crippen molar-refractivity contribution in [2.75, 3.05) is 4.90 Å². The zero-order valence-corrected chi connectivity index (χ0v) is 13.8. The number of hydrogen-bond donors (Lipinski definition) is 0. The van der Waals surface area contributed by atoms with E-state index in [0.717, 1.165) is 17.8 Å². The number of thiophene rings is 1. The van der Waals surface area contributed by atoms with E-state index in [0.29, 0.717) is 11.4 Å². The molecule has 1 aromatic carbocycles. The minimum atomic E-state index is -0.319. The van der Waals surface area contributed by atoms with Gasteiger partial charge in [-0.05, 0) is 47.4 Å². The summed E-state index contributed by atoms with van der Waals surface area (Å²) in [4.78, 5) is 13.1. The quantitative estimate of drug-likeness (QED) is 0.422. The minimum absolute atomic E-state index is 0.182. The van der Waals surface area contributed by atoms with Gasteiger partial charge in [0, 0.05) is 35.2 Å². The van der Waals surface area contributed by atoms with Crippen LogP contribution in [0.1, 0.15) is 24.0 Å². The van der Waals surface area contributed by atoms with Crippen molar-refractivity contribution in [1.82, 2.24) is 0 Å². The zero-order chi connectivity index (χ0) is 14.8. The Morgan fingerprint density at radius 3 is 2.76 bits per heavy atom. The van der Waals surface area contributed by atoms with Crippen LogP contribution in [0.25, 0.3) is 0 Å². The smallest absolute Gasteiger partial charge is 0.273 e. The highest BCUT2D eigenvalue weighted by Crippen LogP contribution is 2.35. The van der Waals surface area contributed by atoms with Gasteiger partial charge in [0.1, 0.15) is 0 Å². The summed E-state index contributed by atoms with van der Waals surface area (Å²) in [6.45, 7) is 0.869. The first-order chi connectivity index (χ1) is 10.2. The number of rotatable bonds is 6. The number of anilines is 1. The van der Waals surface area contributed by atoms with E-state index in [1.165, 1.54) is 18.4 Å². The number of hydrogen-bond acceptors (Lipinski definition) is 4. The van der Waals surface area contributed by atoms with Crippen LogP contribution in [-0.4, -0.2) is 11.0 Å². The van der Waals surface area contributed by atoms with Gasteiger partial charge in [-0.25, -0.2) is 0 Å². The van der Waals surface area contributed by atoms with E-state index in [1.54, 1.807) is 17.4 Å². The molecule has 0 bridgehead atoms. The van der Waals surface area contributed by atoms with Gasteiger partial charge in [-0.3, -0.25) is 10.1 Å². The molecule has 0 amide bonds. The summed E-state index contributed by atoms with van der Waals surface area (Å²) >= 11 is 5.05. The molecule has 0 saturated heterocycles. The summed E-state index contributed by atoms with van der Waals surface area (Å²) in [5.74, 6) is 0. The van der Waals surface area contributed by atoms with Gasteiger partial charge in [-0.2, -0.15) is 11.3 Å². The second kappa shape index (κ2) is 6.15. The molecule has 0 unspecified atom stereocenters. The van der Waals surface area contributed by atoms with Crippen molar-refractivity contribution in [2.45, 2.75) is 30.8 Å². The lowest BCUT2D eigenvalue weighted by molar-refractivity contribution is -0.385. The van der Waals surface area contributed by atoms with E-state index in [1.807, 2.05) is 12.1 Å². The highest BCUT2D eigenvalue weighted by atomic mass is 79.9. The lowest BCUT2D eigenvalue weighted by Gasteiger charge is -2.24. The van der Waals surface area contributed by atoms with Crippen LogP contribution in [0.4, 0.5) is 11.4 Å². The van der Waals surface area contributed by atoms with Crippen LogP contribution in [0.15, 0.2) is 35.0 Å². The number of nitrogens with zero attached hydrogens (tertiary/aromatic N) is 2. The largest absolute Gasteiger partial charge is 0.364 e. The average Bonchev–Trinajstić information content (AvgIpc) is 3.20. The topological polar surface area (TPSA) is 46.4 Å². The molecule has 6 heteroatoms. The molecule has 0 atom stereocenters. The molecule has 1 saturated carbocycles. The highest BCUT2D eigenvalue weighted by molar-refractivity contribution is 9.08. The average molecular weight is 367 g/mol. The van der Waals surface area contributed by atoms with E-state index in [2.05, 4.69) is 37.7 Å². The number of nitro groups is 1. The number of alkyl halides is 1. The molecule has 3 rings (SSSR count). The van der Waals surface area contributed by atoms with E-state index in [-0.39, 0.29) is 10.6 Å². The Morgan fingerprint density at radius 1 is 1.38 bits per heavy atom. The van der Waals surface area contributed by atoms with Gasteiger partial charge < -0.3 is 4.90 Å².